The maximum atomic E-state index is 12.4. The van der Waals surface area contributed by atoms with Crippen LogP contribution < -0.4 is 19.9 Å². The van der Waals surface area contributed by atoms with E-state index in [0.29, 0.717) is 34.8 Å². The first-order valence-corrected chi connectivity index (χ1v) is 7.67. The molecule has 0 aliphatic rings. The van der Waals surface area contributed by atoms with Gasteiger partial charge in [-0.3, -0.25) is 4.79 Å². The van der Waals surface area contributed by atoms with Crippen LogP contribution in [-0.4, -0.2) is 36.3 Å². The van der Waals surface area contributed by atoms with E-state index in [1.54, 1.807) is 30.3 Å². The van der Waals surface area contributed by atoms with Crippen molar-refractivity contribution in [3.05, 3.63) is 52.6 Å². The molecule has 0 fully saturated rings. The van der Waals surface area contributed by atoms with Gasteiger partial charge in [0.05, 0.1) is 31.7 Å². The Morgan fingerprint density at radius 1 is 1.16 bits per heavy atom. The van der Waals surface area contributed by atoms with Gasteiger partial charge in [0.2, 0.25) is 0 Å². The highest BCUT2D eigenvalue weighted by Gasteiger charge is 2.12. The summed E-state index contributed by atoms with van der Waals surface area (Å²) in [4.78, 5) is 21.6. The third-order valence-corrected chi connectivity index (χ3v) is 3.92. The Kier molecular flexibility index (Phi) is 4.47. The van der Waals surface area contributed by atoms with E-state index in [1.165, 1.54) is 14.2 Å². The zero-order chi connectivity index (χ0) is 18.0. The molecule has 0 saturated heterocycles. The number of aromatic hydroxyl groups is 1. The summed E-state index contributed by atoms with van der Waals surface area (Å²) in [5.41, 5.74) is 1.10. The molecule has 1 aromatic heterocycles. The molecule has 25 heavy (non-hydrogen) atoms. The van der Waals surface area contributed by atoms with E-state index < -0.39 is 0 Å². The van der Waals surface area contributed by atoms with E-state index in [2.05, 4.69) is 9.97 Å². The Morgan fingerprint density at radius 2 is 1.88 bits per heavy atom. The molecule has 0 aliphatic carbocycles. The number of H-pyrrole nitrogens is 1. The van der Waals surface area contributed by atoms with Crippen molar-refractivity contribution in [1.29, 1.82) is 0 Å². The van der Waals surface area contributed by atoms with Crippen LogP contribution in [-0.2, 0) is 6.54 Å². The Bertz CT molecular complexity index is 968. The van der Waals surface area contributed by atoms with Crippen LogP contribution in [0.25, 0.3) is 10.9 Å². The topological polar surface area (TPSA) is 87.7 Å². The van der Waals surface area contributed by atoms with Gasteiger partial charge in [-0.05, 0) is 18.2 Å². The summed E-state index contributed by atoms with van der Waals surface area (Å²) in [5, 5.41) is 10.0. The van der Waals surface area contributed by atoms with Crippen molar-refractivity contribution >= 4 is 16.6 Å². The second kappa shape index (κ2) is 6.72. The Morgan fingerprint density at radius 3 is 2.56 bits per heavy atom. The SMILES string of the molecule is COc1cc2nc(CN(C)c3cccc(O)c3)[nH]c(=O)c2cc1OC. The number of methoxy groups -OCH3 is 2. The maximum Gasteiger partial charge on any atom is 0.258 e. The van der Waals surface area contributed by atoms with Gasteiger partial charge in [0.25, 0.3) is 5.56 Å². The molecule has 2 aromatic carbocycles. The number of fused-ring (bicyclic) bond motifs is 1. The quantitative estimate of drug-likeness (QED) is 0.740. The highest BCUT2D eigenvalue weighted by Crippen LogP contribution is 2.30. The largest absolute Gasteiger partial charge is 0.508 e. The molecule has 130 valence electrons. The Hall–Kier alpha value is -3.22. The fourth-order valence-electron chi connectivity index (χ4n) is 2.64. The highest BCUT2D eigenvalue weighted by molar-refractivity contribution is 5.81. The predicted molar refractivity (Wildman–Crippen MR) is 95.7 cm³/mol. The maximum absolute atomic E-state index is 12.4. The van der Waals surface area contributed by atoms with Crippen molar-refractivity contribution in [2.24, 2.45) is 0 Å². The van der Waals surface area contributed by atoms with Crippen LogP contribution in [0.3, 0.4) is 0 Å². The molecule has 0 spiro atoms. The molecule has 7 nitrogen and oxygen atoms in total. The van der Waals surface area contributed by atoms with Crippen molar-refractivity contribution in [3.8, 4) is 17.2 Å². The van der Waals surface area contributed by atoms with E-state index in [0.717, 1.165) is 5.69 Å². The van der Waals surface area contributed by atoms with E-state index in [-0.39, 0.29) is 11.3 Å². The van der Waals surface area contributed by atoms with Crippen molar-refractivity contribution in [2.45, 2.75) is 6.54 Å². The molecule has 2 N–H and O–H groups in total. The first-order valence-electron chi connectivity index (χ1n) is 7.67. The zero-order valence-electron chi connectivity index (χ0n) is 14.2. The summed E-state index contributed by atoms with van der Waals surface area (Å²) in [6.07, 6.45) is 0. The molecule has 7 heteroatoms. The van der Waals surface area contributed by atoms with E-state index in [9.17, 15) is 9.90 Å². The van der Waals surface area contributed by atoms with Crippen molar-refractivity contribution in [2.75, 3.05) is 26.2 Å². The smallest absolute Gasteiger partial charge is 0.258 e. The molecular weight excluding hydrogens is 322 g/mol. The highest BCUT2D eigenvalue weighted by atomic mass is 16.5. The fraction of sp³-hybridized carbons (Fsp3) is 0.222. The molecule has 3 rings (SSSR count). The lowest BCUT2D eigenvalue weighted by Crippen LogP contribution is -2.21. The molecule has 0 atom stereocenters. The third kappa shape index (κ3) is 3.35. The lowest BCUT2D eigenvalue weighted by atomic mass is 10.2. The van der Waals surface area contributed by atoms with Crippen molar-refractivity contribution in [1.82, 2.24) is 9.97 Å². The third-order valence-electron chi connectivity index (χ3n) is 3.92. The van der Waals surface area contributed by atoms with Gasteiger partial charge in [0, 0.05) is 24.9 Å². The number of aromatic amines is 1. The molecule has 0 saturated carbocycles. The molecule has 0 bridgehead atoms. The number of ether oxygens (including phenoxy) is 2. The molecule has 0 aliphatic heterocycles. The van der Waals surface area contributed by atoms with Crippen molar-refractivity contribution < 1.29 is 14.6 Å². The average molecular weight is 341 g/mol. The van der Waals surface area contributed by atoms with Crippen LogP contribution in [0, 0.1) is 0 Å². The summed E-state index contributed by atoms with van der Waals surface area (Å²) >= 11 is 0. The van der Waals surface area contributed by atoms with Crippen molar-refractivity contribution in [3.63, 3.8) is 0 Å². The van der Waals surface area contributed by atoms with Gasteiger partial charge in [-0.2, -0.15) is 0 Å². The summed E-state index contributed by atoms with van der Waals surface area (Å²) in [6, 6.07) is 10.2. The summed E-state index contributed by atoms with van der Waals surface area (Å²) in [7, 11) is 4.91. The number of hydrogen-bond donors (Lipinski definition) is 2. The summed E-state index contributed by atoms with van der Waals surface area (Å²) in [6.45, 7) is 0.378. The van der Waals surface area contributed by atoms with Gasteiger partial charge in [-0.15, -0.1) is 0 Å². The van der Waals surface area contributed by atoms with E-state index >= 15 is 0 Å². The number of nitrogens with zero attached hydrogens (tertiary/aromatic N) is 2. The predicted octanol–water partition coefficient (Wildman–Crippen LogP) is 2.28. The molecule has 0 amide bonds. The van der Waals surface area contributed by atoms with Crippen LogP contribution >= 0.6 is 0 Å². The number of phenolic OH excluding ortho intramolecular Hbond substituents is 1. The lowest BCUT2D eigenvalue weighted by Gasteiger charge is -2.19. The van der Waals surface area contributed by atoms with Gasteiger partial charge in [-0.25, -0.2) is 4.98 Å². The first kappa shape index (κ1) is 16.6. The minimum Gasteiger partial charge on any atom is -0.508 e. The van der Waals surface area contributed by atoms with E-state index in [1.807, 2.05) is 18.0 Å². The van der Waals surface area contributed by atoms with Gasteiger partial charge < -0.3 is 24.5 Å². The standard InChI is InChI=1S/C18H19N3O4/c1-21(11-5-4-6-12(22)7-11)10-17-19-14-9-16(25-3)15(24-2)8-13(14)18(23)20-17/h4-9,22H,10H2,1-3H3,(H,19,20,23). The van der Waals surface area contributed by atoms with Crippen LogP contribution in [0.5, 0.6) is 17.2 Å². The molecule has 3 aromatic rings. The Balaban J connectivity index is 1.98. The van der Waals surface area contributed by atoms with Crippen LogP contribution in [0.1, 0.15) is 5.82 Å². The van der Waals surface area contributed by atoms with Crippen LogP contribution in [0.2, 0.25) is 0 Å². The van der Waals surface area contributed by atoms with Gasteiger partial charge in [-0.1, -0.05) is 6.07 Å². The second-order valence-electron chi connectivity index (χ2n) is 5.61. The number of rotatable bonds is 5. The number of phenols is 1. The summed E-state index contributed by atoms with van der Waals surface area (Å²) < 4.78 is 10.5. The summed E-state index contributed by atoms with van der Waals surface area (Å²) in [5.74, 6) is 1.68. The lowest BCUT2D eigenvalue weighted by molar-refractivity contribution is 0.355. The minimum atomic E-state index is -0.245. The normalized spacial score (nSPS) is 10.7. The van der Waals surface area contributed by atoms with Gasteiger partial charge in [0.1, 0.15) is 11.6 Å². The monoisotopic (exact) mass is 341 g/mol. The molecule has 0 unspecified atom stereocenters. The number of aromatic nitrogens is 2. The minimum absolute atomic E-state index is 0.182. The molecular formula is C18H19N3O4. The molecule has 0 radical (unpaired) electrons. The van der Waals surface area contributed by atoms with Crippen LogP contribution in [0.4, 0.5) is 5.69 Å². The number of nitrogens with one attached hydrogen (secondary N) is 1. The fourth-order valence-corrected chi connectivity index (χ4v) is 2.64. The number of anilines is 1. The number of hydrogen-bond acceptors (Lipinski definition) is 6. The van der Waals surface area contributed by atoms with E-state index in [4.69, 9.17) is 9.47 Å². The van der Waals surface area contributed by atoms with Gasteiger partial charge >= 0.3 is 0 Å². The van der Waals surface area contributed by atoms with Crippen LogP contribution in [0.15, 0.2) is 41.2 Å². The Labute approximate surface area is 144 Å². The number of benzene rings is 2. The average Bonchev–Trinajstić information content (AvgIpc) is 2.60. The zero-order valence-corrected chi connectivity index (χ0v) is 14.2. The molecule has 1 heterocycles. The first-order chi connectivity index (χ1) is 12.0. The van der Waals surface area contributed by atoms with Gasteiger partial charge in [0.15, 0.2) is 11.5 Å². The second-order valence-corrected chi connectivity index (χ2v) is 5.61.